The van der Waals surface area contributed by atoms with E-state index in [1.165, 1.54) is 0 Å². The molecule has 0 aromatic carbocycles. The second-order valence-corrected chi connectivity index (χ2v) is 6.64. The number of carboxylic acid groups (broad SMARTS) is 1. The summed E-state index contributed by atoms with van der Waals surface area (Å²) in [6, 6.07) is 0.913. The standard InChI is InChI=1S/C16H32N2O3/c1-13(2)18(11-12-21-4)10-6-5-9-16(3,15(19)20)17-14-7-8-14/h13-14,17H,5-12H2,1-4H3,(H,19,20). The van der Waals surface area contributed by atoms with Crippen molar-refractivity contribution in [3.63, 3.8) is 0 Å². The Bertz CT molecular complexity index is 319. The van der Waals surface area contributed by atoms with Crippen LogP contribution in [0.25, 0.3) is 0 Å². The summed E-state index contributed by atoms with van der Waals surface area (Å²) in [7, 11) is 1.72. The summed E-state index contributed by atoms with van der Waals surface area (Å²) >= 11 is 0. The van der Waals surface area contributed by atoms with Gasteiger partial charge in [-0.05, 0) is 59.4 Å². The lowest BCUT2D eigenvalue weighted by molar-refractivity contribution is -0.144. The average Bonchev–Trinajstić information content (AvgIpc) is 3.21. The zero-order chi connectivity index (χ0) is 15.9. The number of aliphatic carboxylic acids is 1. The van der Waals surface area contributed by atoms with Gasteiger partial charge in [-0.2, -0.15) is 0 Å². The summed E-state index contributed by atoms with van der Waals surface area (Å²) < 4.78 is 5.14. The van der Waals surface area contributed by atoms with E-state index >= 15 is 0 Å². The SMILES string of the molecule is COCCN(CCCCC(C)(NC1CC1)C(=O)O)C(C)C. The molecule has 0 spiro atoms. The van der Waals surface area contributed by atoms with E-state index < -0.39 is 11.5 Å². The highest BCUT2D eigenvalue weighted by atomic mass is 16.5. The van der Waals surface area contributed by atoms with Crippen LogP contribution in [-0.4, -0.2) is 60.4 Å². The molecule has 5 heteroatoms. The molecule has 1 fully saturated rings. The number of carbonyl (C=O) groups is 1. The fraction of sp³-hybridized carbons (Fsp3) is 0.938. The third-order valence-electron chi connectivity index (χ3n) is 4.26. The van der Waals surface area contributed by atoms with E-state index in [-0.39, 0.29) is 0 Å². The van der Waals surface area contributed by atoms with Crippen LogP contribution in [0.4, 0.5) is 0 Å². The molecule has 0 aliphatic heterocycles. The van der Waals surface area contributed by atoms with Crippen molar-refractivity contribution in [1.82, 2.24) is 10.2 Å². The van der Waals surface area contributed by atoms with Gasteiger partial charge < -0.3 is 9.84 Å². The zero-order valence-corrected chi connectivity index (χ0v) is 14.0. The maximum atomic E-state index is 11.5. The summed E-state index contributed by atoms with van der Waals surface area (Å²) in [6.45, 7) is 8.87. The van der Waals surface area contributed by atoms with Crippen molar-refractivity contribution in [2.45, 2.75) is 70.5 Å². The summed E-state index contributed by atoms with van der Waals surface area (Å²) in [5, 5.41) is 12.7. The number of ether oxygens (including phenoxy) is 1. The molecule has 0 aromatic rings. The van der Waals surface area contributed by atoms with Crippen LogP contribution in [-0.2, 0) is 9.53 Å². The third-order valence-corrected chi connectivity index (χ3v) is 4.26. The first-order valence-corrected chi connectivity index (χ1v) is 8.13. The van der Waals surface area contributed by atoms with Crippen molar-refractivity contribution in [3.05, 3.63) is 0 Å². The summed E-state index contributed by atoms with van der Waals surface area (Å²) in [4.78, 5) is 13.9. The van der Waals surface area contributed by atoms with Crippen LogP contribution in [0.2, 0.25) is 0 Å². The topological polar surface area (TPSA) is 61.8 Å². The Balaban J connectivity index is 2.30. The Hall–Kier alpha value is -0.650. The quantitative estimate of drug-likeness (QED) is 0.541. The fourth-order valence-electron chi connectivity index (χ4n) is 2.55. The minimum Gasteiger partial charge on any atom is -0.480 e. The number of nitrogens with zero attached hydrogens (tertiary/aromatic N) is 1. The first kappa shape index (κ1) is 18.4. The molecule has 1 aliphatic rings. The third kappa shape index (κ3) is 6.76. The molecule has 0 amide bonds. The van der Waals surface area contributed by atoms with Crippen LogP contribution < -0.4 is 5.32 Å². The lowest BCUT2D eigenvalue weighted by atomic mass is 9.94. The van der Waals surface area contributed by atoms with Crippen LogP contribution in [0, 0.1) is 0 Å². The van der Waals surface area contributed by atoms with Gasteiger partial charge in [-0.1, -0.05) is 0 Å². The van der Waals surface area contributed by atoms with Gasteiger partial charge in [-0.25, -0.2) is 0 Å². The van der Waals surface area contributed by atoms with Gasteiger partial charge >= 0.3 is 5.97 Å². The van der Waals surface area contributed by atoms with E-state index in [4.69, 9.17) is 4.74 Å². The predicted molar refractivity (Wildman–Crippen MR) is 84.6 cm³/mol. The first-order valence-electron chi connectivity index (χ1n) is 8.13. The van der Waals surface area contributed by atoms with Gasteiger partial charge in [-0.3, -0.25) is 15.0 Å². The number of methoxy groups -OCH3 is 1. The van der Waals surface area contributed by atoms with Crippen LogP contribution in [0.5, 0.6) is 0 Å². The normalized spacial score (nSPS) is 18.2. The Labute approximate surface area is 129 Å². The van der Waals surface area contributed by atoms with Crippen LogP contribution in [0.1, 0.15) is 52.9 Å². The molecule has 0 saturated heterocycles. The number of hydrogen-bond donors (Lipinski definition) is 2. The largest absolute Gasteiger partial charge is 0.480 e. The highest BCUT2D eigenvalue weighted by Gasteiger charge is 2.37. The van der Waals surface area contributed by atoms with Crippen molar-refractivity contribution >= 4 is 5.97 Å². The maximum absolute atomic E-state index is 11.5. The molecule has 0 heterocycles. The molecule has 124 valence electrons. The molecule has 0 bridgehead atoms. The van der Waals surface area contributed by atoms with E-state index in [1.807, 2.05) is 6.92 Å². The summed E-state index contributed by atoms with van der Waals surface area (Å²) in [5.41, 5.74) is -0.768. The van der Waals surface area contributed by atoms with Crippen LogP contribution in [0.3, 0.4) is 0 Å². The van der Waals surface area contributed by atoms with E-state index in [0.29, 0.717) is 18.5 Å². The van der Waals surface area contributed by atoms with Crippen molar-refractivity contribution in [3.8, 4) is 0 Å². The highest BCUT2D eigenvalue weighted by molar-refractivity contribution is 5.78. The van der Waals surface area contributed by atoms with Gasteiger partial charge in [0.05, 0.1) is 6.61 Å². The van der Waals surface area contributed by atoms with Crippen molar-refractivity contribution < 1.29 is 14.6 Å². The smallest absolute Gasteiger partial charge is 0.323 e. The molecule has 1 atom stereocenters. The molecule has 0 aromatic heterocycles. The predicted octanol–water partition coefficient (Wildman–Crippen LogP) is 2.11. The lowest BCUT2D eigenvalue weighted by Gasteiger charge is -2.28. The Morgan fingerprint density at radius 3 is 2.52 bits per heavy atom. The number of carboxylic acids is 1. The second-order valence-electron chi connectivity index (χ2n) is 6.64. The fourth-order valence-corrected chi connectivity index (χ4v) is 2.55. The van der Waals surface area contributed by atoms with Crippen molar-refractivity contribution in [1.29, 1.82) is 0 Å². The zero-order valence-electron chi connectivity index (χ0n) is 14.0. The van der Waals surface area contributed by atoms with E-state index in [0.717, 1.165) is 45.4 Å². The molecule has 2 N–H and O–H groups in total. The van der Waals surface area contributed by atoms with Gasteiger partial charge in [-0.15, -0.1) is 0 Å². The number of nitrogens with one attached hydrogen (secondary N) is 1. The number of hydrogen-bond acceptors (Lipinski definition) is 4. The molecule has 1 unspecified atom stereocenters. The monoisotopic (exact) mass is 300 g/mol. The van der Waals surface area contributed by atoms with Gasteiger partial charge in [0, 0.05) is 25.7 Å². The molecular formula is C16H32N2O3. The number of unbranched alkanes of at least 4 members (excludes halogenated alkanes) is 1. The molecule has 0 radical (unpaired) electrons. The van der Waals surface area contributed by atoms with Crippen LogP contribution in [0.15, 0.2) is 0 Å². The van der Waals surface area contributed by atoms with Gasteiger partial charge in [0.15, 0.2) is 0 Å². The average molecular weight is 300 g/mol. The van der Waals surface area contributed by atoms with Crippen molar-refractivity contribution in [2.24, 2.45) is 0 Å². The van der Waals surface area contributed by atoms with Gasteiger partial charge in [0.2, 0.25) is 0 Å². The lowest BCUT2D eigenvalue weighted by Crippen LogP contribution is -2.50. The van der Waals surface area contributed by atoms with E-state index in [1.54, 1.807) is 7.11 Å². The first-order chi connectivity index (χ1) is 9.89. The van der Waals surface area contributed by atoms with E-state index in [2.05, 4.69) is 24.1 Å². The summed E-state index contributed by atoms with van der Waals surface area (Å²) in [5.74, 6) is -0.727. The molecule has 5 nitrogen and oxygen atoms in total. The Morgan fingerprint density at radius 2 is 2.05 bits per heavy atom. The Morgan fingerprint density at radius 1 is 1.38 bits per heavy atom. The minimum atomic E-state index is -0.768. The minimum absolute atomic E-state index is 0.417. The Kier molecular flexibility index (Phi) is 7.63. The molecular weight excluding hydrogens is 268 g/mol. The second kappa shape index (κ2) is 8.71. The van der Waals surface area contributed by atoms with Gasteiger partial charge in [0.25, 0.3) is 0 Å². The maximum Gasteiger partial charge on any atom is 0.323 e. The van der Waals surface area contributed by atoms with Crippen molar-refractivity contribution in [2.75, 3.05) is 26.8 Å². The highest BCUT2D eigenvalue weighted by Crippen LogP contribution is 2.25. The van der Waals surface area contributed by atoms with Crippen LogP contribution >= 0.6 is 0 Å². The molecule has 1 rings (SSSR count). The number of rotatable bonds is 12. The summed E-state index contributed by atoms with van der Waals surface area (Å²) in [6.07, 6.45) is 4.87. The van der Waals surface area contributed by atoms with E-state index in [9.17, 15) is 9.90 Å². The molecule has 1 aliphatic carbocycles. The molecule has 1 saturated carbocycles. The van der Waals surface area contributed by atoms with Gasteiger partial charge in [0.1, 0.15) is 5.54 Å². The molecule has 21 heavy (non-hydrogen) atoms.